The predicted molar refractivity (Wildman–Crippen MR) is 45.7 cm³/mol. The molecule has 1 aromatic rings. The Morgan fingerprint density at radius 1 is 1.15 bits per heavy atom. The summed E-state index contributed by atoms with van der Waals surface area (Å²) in [6, 6.07) is 8.08. The van der Waals surface area contributed by atoms with Crippen molar-refractivity contribution in [2.45, 2.75) is 6.42 Å². The van der Waals surface area contributed by atoms with Gasteiger partial charge in [0.25, 0.3) is 0 Å². The number of hydrogen-bond acceptors (Lipinski definition) is 1. The zero-order chi connectivity index (χ0) is 6.81. The van der Waals surface area contributed by atoms with Gasteiger partial charge in [0.05, 0.1) is 6.26 Å². The van der Waals surface area contributed by atoms with Crippen LogP contribution < -0.4 is 4.74 Å². The average Bonchev–Trinajstić information content (AvgIpc) is 2.05. The molecule has 0 unspecified atom stereocenters. The Morgan fingerprint density at radius 3 is 2.54 bits per heavy atom. The molecule has 2 rings (SSSR count). The Kier molecular flexibility index (Phi) is 10.3. The third-order valence-corrected chi connectivity index (χ3v) is 1.60. The van der Waals surface area contributed by atoms with Crippen LogP contribution in [0.25, 0.3) is 0 Å². The van der Waals surface area contributed by atoms with Gasteiger partial charge in [-0.1, -0.05) is 18.2 Å². The van der Waals surface area contributed by atoms with Gasteiger partial charge in [-0.2, -0.15) is 0 Å². The minimum Gasteiger partial charge on any atom is -0.465 e. The van der Waals surface area contributed by atoms with Crippen LogP contribution in [0.15, 0.2) is 36.6 Å². The Labute approximate surface area is 124 Å². The van der Waals surface area contributed by atoms with Gasteiger partial charge in [-0.15, -0.1) is 0 Å². The quantitative estimate of drug-likeness (QED) is 0.664. The molecule has 13 heavy (non-hydrogen) atoms. The third kappa shape index (κ3) is 4.28. The van der Waals surface area contributed by atoms with Crippen molar-refractivity contribution in [3.8, 4) is 5.75 Å². The van der Waals surface area contributed by atoms with Crippen LogP contribution >= 0.6 is 0 Å². The molecule has 0 saturated heterocycles. The second kappa shape index (κ2) is 8.22. The molecule has 1 heterocycles. The van der Waals surface area contributed by atoms with Crippen LogP contribution in [0.2, 0.25) is 0 Å². The molecule has 0 bridgehead atoms. The third-order valence-electron chi connectivity index (χ3n) is 1.60. The van der Waals surface area contributed by atoms with Gasteiger partial charge >= 0.3 is 0 Å². The number of para-hydroxylation sites is 1. The fourth-order valence-corrected chi connectivity index (χ4v) is 1.08. The standard InChI is InChI=1S/C9H8O.Al.Ni.Y/c1-2-6-9-8(4-1)5-3-7-10-9;;;/h1-4,6-7H,5H2;;;. The van der Waals surface area contributed by atoms with Gasteiger partial charge in [-0.05, 0) is 24.1 Å². The van der Waals surface area contributed by atoms with E-state index >= 15 is 0 Å². The van der Waals surface area contributed by atoms with Crippen LogP contribution in [0.4, 0.5) is 0 Å². The molecule has 4 radical (unpaired) electrons. The summed E-state index contributed by atoms with van der Waals surface area (Å²) >= 11 is 0. The van der Waals surface area contributed by atoms with Crippen LogP contribution in [0, 0.1) is 0 Å². The largest absolute Gasteiger partial charge is 0.465 e. The van der Waals surface area contributed by atoms with Crippen molar-refractivity contribution in [2.75, 3.05) is 0 Å². The summed E-state index contributed by atoms with van der Waals surface area (Å²) in [5, 5.41) is 0. The number of ether oxygens (including phenoxy) is 1. The predicted octanol–water partition coefficient (Wildman–Crippen LogP) is 1.75. The van der Waals surface area contributed by atoms with Crippen LogP contribution in [0.5, 0.6) is 5.75 Å². The first kappa shape index (κ1) is 16.3. The maximum absolute atomic E-state index is 5.24. The van der Waals surface area contributed by atoms with Crippen molar-refractivity contribution in [3.63, 3.8) is 0 Å². The molecule has 0 spiro atoms. The normalized spacial score (nSPS) is 10.8. The molecular weight excluding hydrogens is 299 g/mol. The van der Waals surface area contributed by atoms with Gasteiger partial charge in [0.2, 0.25) is 0 Å². The van der Waals surface area contributed by atoms with Gasteiger partial charge in [-0.25, -0.2) is 0 Å². The van der Waals surface area contributed by atoms with E-state index in [0.717, 1.165) is 12.2 Å². The van der Waals surface area contributed by atoms with E-state index in [1.165, 1.54) is 5.56 Å². The maximum Gasteiger partial charge on any atom is 0.130 e. The number of hydrogen-bond donors (Lipinski definition) is 0. The topological polar surface area (TPSA) is 9.23 Å². The molecule has 66 valence electrons. The van der Waals surface area contributed by atoms with E-state index in [4.69, 9.17) is 4.74 Å². The maximum atomic E-state index is 5.24. The van der Waals surface area contributed by atoms with E-state index in [1.54, 1.807) is 6.26 Å². The summed E-state index contributed by atoms with van der Waals surface area (Å²) in [6.07, 6.45) is 4.75. The van der Waals surface area contributed by atoms with E-state index in [-0.39, 0.29) is 66.6 Å². The van der Waals surface area contributed by atoms with Crippen molar-refractivity contribution < 1.29 is 53.9 Å². The Bertz CT molecular complexity index is 251. The van der Waals surface area contributed by atoms with Crippen molar-refractivity contribution in [1.29, 1.82) is 0 Å². The molecule has 0 aliphatic carbocycles. The second-order valence-electron chi connectivity index (χ2n) is 2.30. The van der Waals surface area contributed by atoms with E-state index in [0.29, 0.717) is 0 Å². The fraction of sp³-hybridized carbons (Fsp3) is 0.111. The summed E-state index contributed by atoms with van der Waals surface area (Å²) in [4.78, 5) is 0. The summed E-state index contributed by atoms with van der Waals surface area (Å²) in [6.45, 7) is 0. The molecule has 0 atom stereocenters. The Morgan fingerprint density at radius 2 is 1.85 bits per heavy atom. The van der Waals surface area contributed by atoms with Gasteiger partial charge in [0, 0.05) is 66.6 Å². The smallest absolute Gasteiger partial charge is 0.130 e. The molecular formula is C9H8AlNiOY. The number of benzene rings is 1. The molecule has 0 amide bonds. The second-order valence-corrected chi connectivity index (χ2v) is 2.30. The van der Waals surface area contributed by atoms with Crippen molar-refractivity contribution in [1.82, 2.24) is 0 Å². The van der Waals surface area contributed by atoms with Crippen LogP contribution in [0.3, 0.4) is 0 Å². The fourth-order valence-electron chi connectivity index (χ4n) is 1.08. The van der Waals surface area contributed by atoms with Gasteiger partial charge < -0.3 is 4.74 Å². The Balaban J connectivity index is 0. The molecule has 0 aromatic heterocycles. The number of allylic oxidation sites excluding steroid dienone is 1. The van der Waals surface area contributed by atoms with Crippen LogP contribution in [-0.4, -0.2) is 17.4 Å². The monoisotopic (exact) mass is 306 g/mol. The van der Waals surface area contributed by atoms with E-state index in [2.05, 4.69) is 6.07 Å². The zero-order valence-electron chi connectivity index (χ0n) is 7.05. The number of rotatable bonds is 0. The van der Waals surface area contributed by atoms with Gasteiger partial charge in [0.1, 0.15) is 5.75 Å². The SMILES string of the molecule is C1=COc2ccccc2C1.[Al].[Ni].[Y]. The summed E-state index contributed by atoms with van der Waals surface area (Å²) in [5.41, 5.74) is 1.27. The molecule has 0 N–H and O–H groups in total. The van der Waals surface area contributed by atoms with Crippen LogP contribution in [0.1, 0.15) is 5.56 Å². The van der Waals surface area contributed by atoms with Crippen LogP contribution in [-0.2, 0) is 55.6 Å². The average molecular weight is 307 g/mol. The van der Waals surface area contributed by atoms with Crippen molar-refractivity contribution in [2.24, 2.45) is 0 Å². The van der Waals surface area contributed by atoms with E-state index < -0.39 is 0 Å². The van der Waals surface area contributed by atoms with E-state index in [9.17, 15) is 0 Å². The van der Waals surface area contributed by atoms with Gasteiger partial charge in [-0.3, -0.25) is 0 Å². The van der Waals surface area contributed by atoms with Gasteiger partial charge in [0.15, 0.2) is 0 Å². The molecule has 0 fully saturated rings. The molecule has 1 aliphatic heterocycles. The van der Waals surface area contributed by atoms with E-state index in [1.807, 2.05) is 24.3 Å². The molecule has 1 aliphatic rings. The number of fused-ring (bicyclic) bond motifs is 1. The molecule has 4 heteroatoms. The zero-order valence-corrected chi connectivity index (χ0v) is 12.0. The first-order valence-corrected chi connectivity index (χ1v) is 3.36. The first-order chi connectivity index (χ1) is 4.97. The molecule has 0 saturated carbocycles. The summed E-state index contributed by atoms with van der Waals surface area (Å²) in [7, 11) is 0. The Hall–Kier alpha value is 0.890. The summed E-state index contributed by atoms with van der Waals surface area (Å²) in [5.74, 6) is 0.991. The molecule has 1 aromatic carbocycles. The van der Waals surface area contributed by atoms with Crippen molar-refractivity contribution >= 4 is 17.4 Å². The molecule has 1 nitrogen and oxygen atoms in total. The minimum atomic E-state index is 0. The summed E-state index contributed by atoms with van der Waals surface area (Å²) < 4.78 is 5.24. The minimum absolute atomic E-state index is 0. The van der Waals surface area contributed by atoms with Crippen molar-refractivity contribution in [3.05, 3.63) is 42.2 Å². The first-order valence-electron chi connectivity index (χ1n) is 3.36.